The summed E-state index contributed by atoms with van der Waals surface area (Å²) in [6.45, 7) is -0.0293. The van der Waals surface area contributed by atoms with Gasteiger partial charge in [-0.05, 0) is 19.3 Å². The Morgan fingerprint density at radius 2 is 2.47 bits per heavy atom. The van der Waals surface area contributed by atoms with Crippen molar-refractivity contribution in [1.29, 1.82) is 0 Å². The van der Waals surface area contributed by atoms with E-state index in [-0.39, 0.29) is 12.5 Å². The molecule has 6 nitrogen and oxygen atoms in total. The van der Waals surface area contributed by atoms with E-state index in [2.05, 4.69) is 10.4 Å². The van der Waals surface area contributed by atoms with E-state index in [0.717, 1.165) is 19.3 Å². The molecule has 1 fully saturated rings. The van der Waals surface area contributed by atoms with Crippen LogP contribution in [0.3, 0.4) is 0 Å². The lowest BCUT2D eigenvalue weighted by molar-refractivity contribution is -0.126. The van der Waals surface area contributed by atoms with Crippen LogP contribution in [0.15, 0.2) is 12.4 Å². The first-order chi connectivity index (χ1) is 8.06. The number of amides is 1. The zero-order valence-electron chi connectivity index (χ0n) is 9.89. The number of carbonyl (C=O) groups is 1. The highest BCUT2D eigenvalue weighted by molar-refractivity contribution is 5.83. The van der Waals surface area contributed by atoms with E-state index < -0.39 is 11.6 Å². The van der Waals surface area contributed by atoms with E-state index in [1.807, 2.05) is 0 Å². The molecule has 0 aliphatic heterocycles. The fraction of sp³-hybridized carbons (Fsp3) is 0.636. The van der Waals surface area contributed by atoms with Crippen molar-refractivity contribution < 1.29 is 9.90 Å². The van der Waals surface area contributed by atoms with E-state index in [1.54, 1.807) is 24.1 Å². The summed E-state index contributed by atoms with van der Waals surface area (Å²) in [5, 5.41) is 16.1. The molecule has 4 N–H and O–H groups in total. The molecule has 1 aliphatic rings. The highest BCUT2D eigenvalue weighted by Crippen LogP contribution is 2.31. The number of nitrogens with one attached hydrogen (secondary N) is 1. The Kier molecular flexibility index (Phi) is 3.17. The minimum Gasteiger partial charge on any atom is -0.394 e. The number of nitrogens with zero attached hydrogens (tertiary/aromatic N) is 2. The first-order valence-corrected chi connectivity index (χ1v) is 5.73. The SMILES string of the molecule is Cn1cc(C(N)C(=O)NC2(CO)CCC2)cn1. The van der Waals surface area contributed by atoms with Gasteiger partial charge < -0.3 is 16.2 Å². The quantitative estimate of drug-likeness (QED) is 0.656. The summed E-state index contributed by atoms with van der Waals surface area (Å²) in [4.78, 5) is 11.9. The molecule has 0 bridgehead atoms. The maximum atomic E-state index is 11.9. The van der Waals surface area contributed by atoms with Crippen LogP contribution < -0.4 is 11.1 Å². The van der Waals surface area contributed by atoms with Crippen molar-refractivity contribution in [3.8, 4) is 0 Å². The maximum absolute atomic E-state index is 11.9. The Labute approximate surface area is 99.8 Å². The molecule has 1 saturated carbocycles. The minimum absolute atomic E-state index is 0.0293. The molecular weight excluding hydrogens is 220 g/mol. The zero-order chi connectivity index (χ0) is 12.5. The number of aromatic nitrogens is 2. The predicted octanol–water partition coefficient (Wildman–Crippen LogP) is -0.549. The molecule has 0 spiro atoms. The van der Waals surface area contributed by atoms with E-state index >= 15 is 0 Å². The number of aliphatic hydroxyl groups is 1. The van der Waals surface area contributed by atoms with Crippen molar-refractivity contribution in [2.75, 3.05) is 6.61 Å². The van der Waals surface area contributed by atoms with Crippen molar-refractivity contribution in [3.63, 3.8) is 0 Å². The van der Waals surface area contributed by atoms with Gasteiger partial charge in [0.05, 0.1) is 18.3 Å². The number of hydrogen-bond donors (Lipinski definition) is 3. The van der Waals surface area contributed by atoms with Gasteiger partial charge in [0, 0.05) is 18.8 Å². The molecule has 0 aromatic carbocycles. The van der Waals surface area contributed by atoms with Gasteiger partial charge in [-0.3, -0.25) is 9.48 Å². The smallest absolute Gasteiger partial charge is 0.242 e. The van der Waals surface area contributed by atoms with Crippen molar-refractivity contribution >= 4 is 5.91 Å². The Morgan fingerprint density at radius 3 is 2.88 bits per heavy atom. The average molecular weight is 238 g/mol. The van der Waals surface area contributed by atoms with E-state index in [9.17, 15) is 9.90 Å². The van der Waals surface area contributed by atoms with Gasteiger partial charge >= 0.3 is 0 Å². The number of rotatable bonds is 4. The van der Waals surface area contributed by atoms with Gasteiger partial charge in [0.25, 0.3) is 0 Å². The molecule has 0 radical (unpaired) electrons. The highest BCUT2D eigenvalue weighted by atomic mass is 16.3. The van der Waals surface area contributed by atoms with Crippen LogP contribution in [0.5, 0.6) is 0 Å². The number of carbonyl (C=O) groups excluding carboxylic acids is 1. The number of hydrogen-bond acceptors (Lipinski definition) is 4. The third kappa shape index (κ3) is 2.32. The molecule has 1 aliphatic carbocycles. The Bertz CT molecular complexity index is 406. The van der Waals surface area contributed by atoms with Crippen molar-refractivity contribution in [2.45, 2.75) is 30.8 Å². The van der Waals surface area contributed by atoms with Gasteiger partial charge in [-0.2, -0.15) is 5.10 Å². The van der Waals surface area contributed by atoms with Crippen LogP contribution in [-0.2, 0) is 11.8 Å². The number of aliphatic hydroxyl groups excluding tert-OH is 1. The predicted molar refractivity (Wildman–Crippen MR) is 61.9 cm³/mol. The average Bonchev–Trinajstić information content (AvgIpc) is 2.69. The second kappa shape index (κ2) is 4.46. The summed E-state index contributed by atoms with van der Waals surface area (Å²) in [5.41, 5.74) is 6.08. The minimum atomic E-state index is -0.729. The second-order valence-electron chi connectivity index (χ2n) is 4.71. The summed E-state index contributed by atoms with van der Waals surface area (Å²) in [6.07, 6.45) is 5.96. The molecule has 6 heteroatoms. The molecule has 17 heavy (non-hydrogen) atoms. The number of nitrogens with two attached hydrogens (primary N) is 1. The van der Waals surface area contributed by atoms with Gasteiger partial charge in [0.1, 0.15) is 6.04 Å². The summed E-state index contributed by atoms with van der Waals surface area (Å²) in [5.74, 6) is -0.258. The number of aryl methyl sites for hydroxylation is 1. The van der Waals surface area contributed by atoms with E-state index in [0.29, 0.717) is 5.56 Å². The molecule has 1 unspecified atom stereocenters. The monoisotopic (exact) mass is 238 g/mol. The fourth-order valence-electron chi connectivity index (χ4n) is 2.02. The van der Waals surface area contributed by atoms with Crippen molar-refractivity contribution in [3.05, 3.63) is 18.0 Å². The van der Waals surface area contributed by atoms with Crippen LogP contribution in [0.1, 0.15) is 30.9 Å². The molecule has 0 saturated heterocycles. The largest absolute Gasteiger partial charge is 0.394 e. The molecular formula is C11H18N4O2. The third-order valence-electron chi connectivity index (χ3n) is 3.37. The molecule has 1 aromatic rings. The van der Waals surface area contributed by atoms with Crippen molar-refractivity contribution in [1.82, 2.24) is 15.1 Å². The van der Waals surface area contributed by atoms with Crippen LogP contribution >= 0.6 is 0 Å². The Hall–Kier alpha value is -1.40. The van der Waals surface area contributed by atoms with Crippen LogP contribution in [-0.4, -0.2) is 32.9 Å². The first kappa shape index (κ1) is 12.1. The summed E-state index contributed by atoms with van der Waals surface area (Å²) in [6, 6.07) is -0.729. The molecule has 1 amide bonds. The molecule has 1 heterocycles. The first-order valence-electron chi connectivity index (χ1n) is 5.73. The molecule has 94 valence electrons. The lowest BCUT2D eigenvalue weighted by Gasteiger charge is -2.41. The van der Waals surface area contributed by atoms with Crippen LogP contribution in [0.25, 0.3) is 0 Å². The highest BCUT2D eigenvalue weighted by Gasteiger charge is 2.38. The molecule has 1 atom stereocenters. The van der Waals surface area contributed by atoms with Crippen LogP contribution in [0.2, 0.25) is 0 Å². The summed E-state index contributed by atoms with van der Waals surface area (Å²) >= 11 is 0. The van der Waals surface area contributed by atoms with Gasteiger partial charge in [-0.15, -0.1) is 0 Å². The normalized spacial score (nSPS) is 19.5. The third-order valence-corrected chi connectivity index (χ3v) is 3.37. The second-order valence-corrected chi connectivity index (χ2v) is 4.71. The van der Waals surface area contributed by atoms with Gasteiger partial charge in [0.2, 0.25) is 5.91 Å². The lowest BCUT2D eigenvalue weighted by atomic mass is 9.77. The van der Waals surface area contributed by atoms with E-state index in [1.165, 1.54) is 0 Å². The van der Waals surface area contributed by atoms with Gasteiger partial charge in [0.15, 0.2) is 0 Å². The summed E-state index contributed by atoms with van der Waals surface area (Å²) in [7, 11) is 1.77. The van der Waals surface area contributed by atoms with Gasteiger partial charge in [-0.25, -0.2) is 0 Å². The summed E-state index contributed by atoms with van der Waals surface area (Å²) < 4.78 is 1.60. The van der Waals surface area contributed by atoms with Gasteiger partial charge in [-0.1, -0.05) is 0 Å². The standard InChI is InChI=1S/C11H18N4O2/c1-15-6-8(5-13-15)9(12)10(17)14-11(7-16)3-2-4-11/h5-6,9,16H,2-4,7,12H2,1H3,(H,14,17). The maximum Gasteiger partial charge on any atom is 0.242 e. The lowest BCUT2D eigenvalue weighted by Crippen LogP contribution is -2.57. The Balaban J connectivity index is 2.00. The van der Waals surface area contributed by atoms with Crippen LogP contribution in [0.4, 0.5) is 0 Å². The molecule has 1 aromatic heterocycles. The fourth-order valence-corrected chi connectivity index (χ4v) is 2.02. The van der Waals surface area contributed by atoms with E-state index in [4.69, 9.17) is 5.73 Å². The zero-order valence-corrected chi connectivity index (χ0v) is 9.89. The van der Waals surface area contributed by atoms with Crippen molar-refractivity contribution in [2.24, 2.45) is 12.8 Å². The molecule has 2 rings (SSSR count). The topological polar surface area (TPSA) is 93.2 Å². The van der Waals surface area contributed by atoms with Crippen LogP contribution in [0, 0.1) is 0 Å². The Morgan fingerprint density at radius 1 is 1.76 bits per heavy atom.